The van der Waals surface area contributed by atoms with E-state index in [-0.39, 0.29) is 30.8 Å². The summed E-state index contributed by atoms with van der Waals surface area (Å²) in [6.07, 6.45) is -1.40. The molecule has 3 rings (SSSR count). The van der Waals surface area contributed by atoms with Gasteiger partial charge in [0.05, 0.1) is 20.1 Å². The topological polar surface area (TPSA) is 77.5 Å². The van der Waals surface area contributed by atoms with E-state index in [1.165, 1.54) is 19.4 Å². The van der Waals surface area contributed by atoms with Crippen molar-refractivity contribution in [2.75, 3.05) is 20.3 Å². The third kappa shape index (κ3) is 8.63. The fourth-order valence-corrected chi connectivity index (χ4v) is 3.52. The number of methoxy groups -OCH3 is 1. The van der Waals surface area contributed by atoms with E-state index in [0.717, 1.165) is 30.0 Å². The second kappa shape index (κ2) is 12.9. The number of aryl methyl sites for hydroxylation is 1. The molecule has 0 aliphatic carbocycles. The summed E-state index contributed by atoms with van der Waals surface area (Å²) in [4.78, 5) is 26.8. The van der Waals surface area contributed by atoms with E-state index in [4.69, 9.17) is 4.74 Å². The van der Waals surface area contributed by atoms with Crippen molar-refractivity contribution in [3.8, 4) is 16.9 Å². The third-order valence-corrected chi connectivity index (χ3v) is 5.76. The quantitative estimate of drug-likeness (QED) is 0.332. The van der Waals surface area contributed by atoms with Crippen LogP contribution in [0.2, 0.25) is 0 Å². The number of hydrogen-bond acceptors (Lipinski definition) is 5. The molecule has 1 amide bonds. The van der Waals surface area contributed by atoms with Crippen LogP contribution < -0.4 is 10.1 Å². The summed E-state index contributed by atoms with van der Waals surface area (Å²) in [7, 11) is 1.31. The maximum Gasteiger partial charge on any atom is 0.433 e. The van der Waals surface area contributed by atoms with Gasteiger partial charge in [-0.15, -0.1) is 0 Å². The summed E-state index contributed by atoms with van der Waals surface area (Å²) < 4.78 is 48.5. The highest BCUT2D eigenvalue weighted by atomic mass is 19.4. The lowest BCUT2D eigenvalue weighted by Crippen LogP contribution is -2.26. The Balaban J connectivity index is 1.41. The zero-order chi connectivity index (χ0) is 26.8. The number of benzene rings is 2. The number of ether oxygens (including phenoxy) is 2. The van der Waals surface area contributed by atoms with E-state index in [0.29, 0.717) is 23.5 Å². The Hall–Kier alpha value is -3.88. The van der Waals surface area contributed by atoms with E-state index in [1.807, 2.05) is 12.1 Å². The van der Waals surface area contributed by atoms with Crippen molar-refractivity contribution in [1.82, 2.24) is 10.3 Å². The second-order valence-electron chi connectivity index (χ2n) is 8.69. The van der Waals surface area contributed by atoms with Crippen molar-refractivity contribution in [3.63, 3.8) is 0 Å². The normalized spacial score (nSPS) is 12.0. The number of nitrogens with one attached hydrogen (secondary N) is 1. The molecular weight excluding hydrogens is 485 g/mol. The number of nitrogens with zero attached hydrogens (tertiary/aromatic N) is 1. The van der Waals surface area contributed by atoms with Gasteiger partial charge in [0.1, 0.15) is 11.4 Å². The van der Waals surface area contributed by atoms with Crippen LogP contribution in [0.15, 0.2) is 66.9 Å². The molecule has 1 N–H and O–H groups in total. The first-order valence-corrected chi connectivity index (χ1v) is 11.9. The number of carbonyl (C=O) groups is 2. The maximum atomic E-state index is 12.7. The highest BCUT2D eigenvalue weighted by Gasteiger charge is 2.32. The molecule has 1 heterocycles. The molecule has 0 saturated heterocycles. The van der Waals surface area contributed by atoms with Gasteiger partial charge in [-0.3, -0.25) is 14.6 Å². The zero-order valence-electron chi connectivity index (χ0n) is 20.7. The molecule has 1 atom stereocenters. The van der Waals surface area contributed by atoms with Gasteiger partial charge in [-0.25, -0.2) is 0 Å². The average molecular weight is 515 g/mol. The molecule has 0 bridgehead atoms. The van der Waals surface area contributed by atoms with Crippen LogP contribution in [0.3, 0.4) is 0 Å². The van der Waals surface area contributed by atoms with Crippen LogP contribution in [0.5, 0.6) is 5.75 Å². The van der Waals surface area contributed by atoms with Crippen LogP contribution in [-0.4, -0.2) is 37.1 Å². The summed E-state index contributed by atoms with van der Waals surface area (Å²) in [5.74, 6) is 0.345. The number of rotatable bonds is 11. The molecule has 2 aromatic carbocycles. The molecule has 1 unspecified atom stereocenters. The molecule has 9 heteroatoms. The summed E-state index contributed by atoms with van der Waals surface area (Å²) >= 11 is 0. The fraction of sp³-hybridized carbons (Fsp3) is 0.321. The van der Waals surface area contributed by atoms with Crippen molar-refractivity contribution in [2.45, 2.75) is 32.4 Å². The van der Waals surface area contributed by atoms with Gasteiger partial charge in [-0.2, -0.15) is 13.2 Å². The Bertz CT molecular complexity index is 1160. The predicted molar refractivity (Wildman–Crippen MR) is 133 cm³/mol. The molecule has 0 aliphatic heterocycles. The highest BCUT2D eigenvalue weighted by molar-refractivity contribution is 5.94. The minimum atomic E-state index is -4.46. The summed E-state index contributed by atoms with van der Waals surface area (Å²) in [6.45, 7) is 2.83. The first-order valence-electron chi connectivity index (χ1n) is 11.9. The van der Waals surface area contributed by atoms with Gasteiger partial charge in [0, 0.05) is 23.9 Å². The van der Waals surface area contributed by atoms with Crippen LogP contribution >= 0.6 is 0 Å². The largest absolute Gasteiger partial charge is 0.493 e. The molecule has 196 valence electrons. The van der Waals surface area contributed by atoms with Crippen LogP contribution in [0, 0.1) is 5.92 Å². The van der Waals surface area contributed by atoms with Crippen molar-refractivity contribution in [2.24, 2.45) is 5.92 Å². The van der Waals surface area contributed by atoms with E-state index in [1.54, 1.807) is 36.4 Å². The van der Waals surface area contributed by atoms with Crippen molar-refractivity contribution in [1.29, 1.82) is 0 Å². The lowest BCUT2D eigenvalue weighted by Gasteiger charge is -2.14. The molecule has 37 heavy (non-hydrogen) atoms. The minimum absolute atomic E-state index is 0.126. The molecule has 0 saturated carbocycles. The van der Waals surface area contributed by atoms with E-state index in [9.17, 15) is 22.8 Å². The molecule has 0 radical (unpaired) electrons. The maximum absolute atomic E-state index is 12.7. The minimum Gasteiger partial charge on any atom is -0.493 e. The van der Waals surface area contributed by atoms with Crippen LogP contribution in [0.1, 0.15) is 41.4 Å². The smallest absolute Gasteiger partial charge is 0.433 e. The molecule has 0 fully saturated rings. The van der Waals surface area contributed by atoms with Crippen molar-refractivity contribution < 1.29 is 32.2 Å². The molecule has 0 aliphatic rings. The zero-order valence-corrected chi connectivity index (χ0v) is 20.7. The lowest BCUT2D eigenvalue weighted by molar-refractivity contribution is -0.141. The SMILES string of the molecule is COC(=O)CCNC(=O)c1ccc(CCC(C)COc2ccc(-c3ccc(C(F)(F)F)nc3)cc2)cc1. The Morgan fingerprint density at radius 1 is 0.973 bits per heavy atom. The van der Waals surface area contributed by atoms with Crippen LogP contribution in [0.4, 0.5) is 13.2 Å². The standard InChI is InChI=1S/C28H29F3N2O4/c1-19(3-4-20-5-7-22(8-6-20)27(35)32-16-15-26(34)36-2)18-37-24-12-9-21(10-13-24)23-11-14-25(33-17-23)28(29,30)31/h5-14,17,19H,3-4,15-16,18H2,1-2H3,(H,32,35). The molecule has 0 spiro atoms. The van der Waals surface area contributed by atoms with Gasteiger partial charge in [0.2, 0.25) is 0 Å². The molecule has 1 aromatic heterocycles. The number of pyridine rings is 1. The first kappa shape index (κ1) is 27.7. The number of carbonyl (C=O) groups excluding carboxylic acids is 2. The summed E-state index contributed by atoms with van der Waals surface area (Å²) in [5, 5.41) is 2.69. The van der Waals surface area contributed by atoms with Gasteiger partial charge in [-0.05, 0) is 60.2 Å². The predicted octanol–water partition coefficient (Wildman–Crippen LogP) is 5.71. The third-order valence-electron chi connectivity index (χ3n) is 5.76. The van der Waals surface area contributed by atoms with Crippen LogP contribution in [-0.2, 0) is 22.1 Å². The van der Waals surface area contributed by atoms with Gasteiger partial charge >= 0.3 is 12.1 Å². The lowest BCUT2D eigenvalue weighted by atomic mass is 10.0. The van der Waals surface area contributed by atoms with Crippen molar-refractivity contribution >= 4 is 11.9 Å². The number of halogens is 3. The average Bonchev–Trinajstić information content (AvgIpc) is 2.90. The summed E-state index contributed by atoms with van der Waals surface area (Å²) in [5.41, 5.74) is 2.06. The molecular formula is C28H29F3N2O4. The Morgan fingerprint density at radius 3 is 2.24 bits per heavy atom. The Kier molecular flexibility index (Phi) is 9.65. The molecule has 6 nitrogen and oxygen atoms in total. The number of alkyl halides is 3. The van der Waals surface area contributed by atoms with Crippen LogP contribution in [0.25, 0.3) is 11.1 Å². The summed E-state index contributed by atoms with van der Waals surface area (Å²) in [6, 6.07) is 16.9. The Labute approximate surface area is 213 Å². The second-order valence-corrected chi connectivity index (χ2v) is 8.69. The van der Waals surface area contributed by atoms with Gasteiger partial charge in [-0.1, -0.05) is 37.3 Å². The first-order chi connectivity index (χ1) is 17.7. The van der Waals surface area contributed by atoms with E-state index < -0.39 is 11.9 Å². The highest BCUT2D eigenvalue weighted by Crippen LogP contribution is 2.29. The molecule has 3 aromatic rings. The van der Waals surface area contributed by atoms with Gasteiger partial charge in [0.25, 0.3) is 5.91 Å². The fourth-order valence-electron chi connectivity index (χ4n) is 3.52. The number of amides is 1. The monoisotopic (exact) mass is 514 g/mol. The Morgan fingerprint density at radius 2 is 1.65 bits per heavy atom. The number of hydrogen-bond donors (Lipinski definition) is 1. The van der Waals surface area contributed by atoms with E-state index in [2.05, 4.69) is 22.0 Å². The van der Waals surface area contributed by atoms with E-state index >= 15 is 0 Å². The van der Waals surface area contributed by atoms with Crippen molar-refractivity contribution in [3.05, 3.63) is 83.7 Å². The number of esters is 1. The van der Waals surface area contributed by atoms with Gasteiger partial charge in [0.15, 0.2) is 0 Å². The van der Waals surface area contributed by atoms with Gasteiger partial charge < -0.3 is 14.8 Å². The number of aromatic nitrogens is 1.